The van der Waals surface area contributed by atoms with Crippen molar-refractivity contribution in [3.8, 4) is 5.88 Å². The van der Waals surface area contributed by atoms with Crippen molar-refractivity contribution in [2.45, 2.75) is 13.8 Å². The zero-order valence-electron chi connectivity index (χ0n) is 12.4. The molecule has 8 heteroatoms. The number of esters is 1. The Kier molecular flexibility index (Phi) is 5.05. The summed E-state index contributed by atoms with van der Waals surface area (Å²) in [5.41, 5.74) is 0.887. The molecule has 0 atom stereocenters. The molecule has 0 aliphatic rings. The van der Waals surface area contributed by atoms with E-state index in [0.29, 0.717) is 27.1 Å². The third kappa shape index (κ3) is 3.59. The summed E-state index contributed by atoms with van der Waals surface area (Å²) in [4.78, 5) is 32.3. The molecular weight excluding hydrogens is 306 g/mol. The van der Waals surface area contributed by atoms with Crippen LogP contribution in [0.2, 0.25) is 0 Å². The molecule has 2 rings (SSSR count). The van der Waals surface area contributed by atoms with E-state index in [0.717, 1.165) is 11.3 Å². The fourth-order valence-corrected chi connectivity index (χ4v) is 2.50. The van der Waals surface area contributed by atoms with E-state index in [1.165, 1.54) is 13.3 Å². The zero-order chi connectivity index (χ0) is 16.1. The van der Waals surface area contributed by atoms with Crippen molar-refractivity contribution in [3.63, 3.8) is 0 Å². The fourth-order valence-electron chi connectivity index (χ4n) is 1.64. The number of aromatic nitrogens is 2. The number of ether oxygens (including phenoxy) is 2. The number of carbonyl (C=O) groups excluding carboxylic acids is 2. The van der Waals surface area contributed by atoms with Gasteiger partial charge in [0.15, 0.2) is 5.13 Å². The van der Waals surface area contributed by atoms with Crippen LogP contribution in [0.1, 0.15) is 32.6 Å². The summed E-state index contributed by atoms with van der Waals surface area (Å²) >= 11 is 1.08. The molecule has 0 spiro atoms. The molecule has 116 valence electrons. The van der Waals surface area contributed by atoms with Gasteiger partial charge >= 0.3 is 5.97 Å². The topological polar surface area (TPSA) is 90.4 Å². The van der Waals surface area contributed by atoms with Crippen LogP contribution < -0.4 is 10.1 Å². The van der Waals surface area contributed by atoms with E-state index in [1.54, 1.807) is 26.0 Å². The van der Waals surface area contributed by atoms with E-state index >= 15 is 0 Å². The van der Waals surface area contributed by atoms with Gasteiger partial charge in [-0.2, -0.15) is 0 Å². The number of nitrogens with one attached hydrogen (secondary N) is 1. The maximum Gasteiger partial charge on any atom is 0.350 e. The molecule has 0 unspecified atom stereocenters. The Bertz CT molecular complexity index is 682. The molecule has 0 radical (unpaired) electrons. The first-order valence-electron chi connectivity index (χ1n) is 6.51. The molecule has 2 heterocycles. The van der Waals surface area contributed by atoms with Gasteiger partial charge in [0.25, 0.3) is 5.91 Å². The predicted octanol–water partition coefficient (Wildman–Crippen LogP) is 2.28. The van der Waals surface area contributed by atoms with Crippen LogP contribution >= 0.6 is 11.3 Å². The van der Waals surface area contributed by atoms with Gasteiger partial charge in [-0.25, -0.2) is 14.8 Å². The van der Waals surface area contributed by atoms with Crippen LogP contribution in [0.3, 0.4) is 0 Å². The molecule has 0 aliphatic carbocycles. The van der Waals surface area contributed by atoms with Gasteiger partial charge in [0, 0.05) is 12.3 Å². The summed E-state index contributed by atoms with van der Waals surface area (Å²) in [5, 5.41) is 2.97. The summed E-state index contributed by atoms with van der Waals surface area (Å²) in [7, 11) is 1.50. The second-order valence-corrected chi connectivity index (χ2v) is 5.20. The Balaban J connectivity index is 2.11. The number of pyridine rings is 1. The van der Waals surface area contributed by atoms with Crippen LogP contribution in [-0.2, 0) is 4.74 Å². The molecule has 0 saturated carbocycles. The summed E-state index contributed by atoms with van der Waals surface area (Å²) in [6.07, 6.45) is 1.40. The lowest BCUT2D eigenvalue weighted by atomic mass is 10.3. The van der Waals surface area contributed by atoms with E-state index in [4.69, 9.17) is 9.47 Å². The van der Waals surface area contributed by atoms with Gasteiger partial charge in [0.2, 0.25) is 5.88 Å². The molecule has 2 aromatic heterocycles. The average molecular weight is 321 g/mol. The molecule has 0 aromatic carbocycles. The van der Waals surface area contributed by atoms with Crippen LogP contribution in [0, 0.1) is 6.92 Å². The van der Waals surface area contributed by atoms with Gasteiger partial charge in [-0.3, -0.25) is 10.1 Å². The summed E-state index contributed by atoms with van der Waals surface area (Å²) in [5.74, 6) is -0.380. The van der Waals surface area contributed by atoms with Crippen LogP contribution in [0.25, 0.3) is 0 Å². The molecule has 0 aliphatic heterocycles. The number of aryl methyl sites for hydroxylation is 1. The third-order valence-corrected chi connectivity index (χ3v) is 3.74. The lowest BCUT2D eigenvalue weighted by Crippen LogP contribution is -2.12. The second kappa shape index (κ2) is 6.99. The largest absolute Gasteiger partial charge is 0.481 e. The fraction of sp³-hybridized carbons (Fsp3) is 0.286. The van der Waals surface area contributed by atoms with Crippen molar-refractivity contribution in [3.05, 3.63) is 34.5 Å². The smallest absolute Gasteiger partial charge is 0.350 e. The van der Waals surface area contributed by atoms with Crippen molar-refractivity contribution in [2.75, 3.05) is 19.0 Å². The molecule has 1 amide bonds. The second-order valence-electron chi connectivity index (χ2n) is 4.20. The minimum absolute atomic E-state index is 0.287. The average Bonchev–Trinajstić information content (AvgIpc) is 2.88. The predicted molar refractivity (Wildman–Crippen MR) is 81.5 cm³/mol. The molecular formula is C14H15N3O4S. The van der Waals surface area contributed by atoms with Crippen LogP contribution in [0.5, 0.6) is 5.88 Å². The van der Waals surface area contributed by atoms with Crippen LogP contribution in [-0.4, -0.2) is 35.6 Å². The van der Waals surface area contributed by atoms with Gasteiger partial charge in [0.05, 0.1) is 25.0 Å². The van der Waals surface area contributed by atoms with Crippen LogP contribution in [0.15, 0.2) is 18.3 Å². The quantitative estimate of drug-likeness (QED) is 0.850. The molecule has 22 heavy (non-hydrogen) atoms. The number of hydrogen-bond acceptors (Lipinski definition) is 7. The third-order valence-electron chi connectivity index (χ3n) is 2.69. The maximum absolute atomic E-state index is 12.1. The number of carbonyl (C=O) groups is 2. The van der Waals surface area contributed by atoms with Crippen molar-refractivity contribution in [1.29, 1.82) is 0 Å². The number of anilines is 1. The first-order chi connectivity index (χ1) is 10.5. The van der Waals surface area contributed by atoms with Crippen molar-refractivity contribution in [1.82, 2.24) is 9.97 Å². The summed E-state index contributed by atoms with van der Waals surface area (Å²) in [6, 6.07) is 3.18. The molecule has 0 bridgehead atoms. The van der Waals surface area contributed by atoms with E-state index in [1.807, 2.05) is 0 Å². The number of methoxy groups -OCH3 is 1. The highest BCUT2D eigenvalue weighted by molar-refractivity contribution is 7.17. The van der Waals surface area contributed by atoms with Crippen molar-refractivity contribution >= 4 is 28.3 Å². The Morgan fingerprint density at radius 3 is 2.73 bits per heavy atom. The minimum Gasteiger partial charge on any atom is -0.481 e. The highest BCUT2D eigenvalue weighted by Crippen LogP contribution is 2.24. The maximum atomic E-state index is 12.1. The number of hydrogen-bond donors (Lipinski definition) is 1. The summed E-state index contributed by atoms with van der Waals surface area (Å²) in [6.45, 7) is 3.70. The lowest BCUT2D eigenvalue weighted by Gasteiger charge is -2.02. The van der Waals surface area contributed by atoms with E-state index in [-0.39, 0.29) is 12.5 Å². The molecule has 1 N–H and O–H groups in total. The Morgan fingerprint density at radius 1 is 1.36 bits per heavy atom. The van der Waals surface area contributed by atoms with E-state index < -0.39 is 5.97 Å². The Morgan fingerprint density at radius 2 is 2.14 bits per heavy atom. The molecule has 0 saturated heterocycles. The van der Waals surface area contributed by atoms with Crippen molar-refractivity contribution < 1.29 is 19.1 Å². The van der Waals surface area contributed by atoms with Gasteiger partial charge in [0.1, 0.15) is 4.88 Å². The lowest BCUT2D eigenvalue weighted by molar-refractivity contribution is 0.0531. The van der Waals surface area contributed by atoms with Gasteiger partial charge in [-0.1, -0.05) is 11.3 Å². The minimum atomic E-state index is -0.441. The highest BCUT2D eigenvalue weighted by Gasteiger charge is 2.18. The standard InChI is InChI=1S/C14H15N3O4S/c1-4-21-13(19)11-8(2)16-14(22-11)17-12(18)9-5-6-10(20-3)15-7-9/h5-7H,4H2,1-3H3,(H,16,17,18). The van der Waals surface area contributed by atoms with Crippen molar-refractivity contribution in [2.24, 2.45) is 0 Å². The SMILES string of the molecule is CCOC(=O)c1sc(NC(=O)c2ccc(OC)nc2)nc1C. The van der Waals surface area contributed by atoms with Crippen LogP contribution in [0.4, 0.5) is 5.13 Å². The summed E-state index contributed by atoms with van der Waals surface area (Å²) < 4.78 is 9.86. The normalized spacial score (nSPS) is 10.1. The highest BCUT2D eigenvalue weighted by atomic mass is 32.1. The first kappa shape index (κ1) is 15.9. The van der Waals surface area contributed by atoms with E-state index in [2.05, 4.69) is 15.3 Å². The number of thiazole rings is 1. The molecule has 2 aromatic rings. The number of rotatable bonds is 5. The monoisotopic (exact) mass is 321 g/mol. The molecule has 0 fully saturated rings. The number of amides is 1. The van der Waals surface area contributed by atoms with Gasteiger partial charge in [-0.15, -0.1) is 0 Å². The molecule has 7 nitrogen and oxygen atoms in total. The van der Waals surface area contributed by atoms with Gasteiger partial charge < -0.3 is 9.47 Å². The first-order valence-corrected chi connectivity index (χ1v) is 7.32. The Labute approximate surface area is 131 Å². The van der Waals surface area contributed by atoms with E-state index in [9.17, 15) is 9.59 Å². The zero-order valence-corrected chi connectivity index (χ0v) is 13.2. The number of nitrogens with zero attached hydrogens (tertiary/aromatic N) is 2. The van der Waals surface area contributed by atoms with Gasteiger partial charge in [-0.05, 0) is 19.9 Å². The Hall–Kier alpha value is -2.48.